The van der Waals surface area contributed by atoms with Gasteiger partial charge in [0, 0.05) is 39.6 Å². The Bertz CT molecular complexity index is 616. The van der Waals surface area contributed by atoms with Gasteiger partial charge in [-0.1, -0.05) is 24.3 Å². The van der Waals surface area contributed by atoms with Crippen molar-refractivity contribution in [1.82, 2.24) is 15.5 Å². The normalized spacial score (nSPS) is 15.6. The number of hydrogen-bond acceptors (Lipinski definition) is 2. The Labute approximate surface area is 145 Å². The van der Waals surface area contributed by atoms with Crippen LogP contribution in [0.25, 0.3) is 0 Å². The Kier molecular flexibility index (Phi) is 6.66. The molecule has 1 aromatic rings. The molecular weight excluding hydrogens is 333 g/mol. The minimum atomic E-state index is -4.19. The van der Waals surface area contributed by atoms with E-state index in [1.165, 1.54) is 7.05 Å². The summed E-state index contributed by atoms with van der Waals surface area (Å²) in [5.41, 5.74) is 2.01. The smallest absolute Gasteiger partial charge is 0.356 e. The third-order valence-corrected chi connectivity index (χ3v) is 3.92. The van der Waals surface area contributed by atoms with Crippen molar-refractivity contribution in [2.45, 2.75) is 38.5 Å². The molecule has 0 unspecified atom stereocenters. The van der Waals surface area contributed by atoms with Gasteiger partial charge in [0.05, 0.1) is 6.42 Å². The second-order valence-electron chi connectivity index (χ2n) is 5.96. The third-order valence-electron chi connectivity index (χ3n) is 3.92. The molecule has 0 aromatic heterocycles. The highest BCUT2D eigenvalue weighted by molar-refractivity contribution is 5.79. The Morgan fingerprint density at radius 3 is 2.68 bits per heavy atom. The molecule has 0 saturated carbocycles. The van der Waals surface area contributed by atoms with E-state index >= 15 is 0 Å². The quantitative estimate of drug-likeness (QED) is 0.608. The third kappa shape index (κ3) is 6.64. The minimum Gasteiger partial charge on any atom is -0.356 e. The summed E-state index contributed by atoms with van der Waals surface area (Å²) in [7, 11) is 1.51. The van der Waals surface area contributed by atoms with Crippen molar-refractivity contribution in [1.29, 1.82) is 0 Å². The maximum absolute atomic E-state index is 12.2. The maximum atomic E-state index is 12.2. The maximum Gasteiger partial charge on any atom is 0.390 e. The minimum absolute atomic E-state index is 0.179. The second kappa shape index (κ2) is 8.73. The zero-order valence-corrected chi connectivity index (χ0v) is 14.2. The second-order valence-corrected chi connectivity index (χ2v) is 5.96. The molecule has 0 spiro atoms. The van der Waals surface area contributed by atoms with Crippen LogP contribution in [0.4, 0.5) is 13.2 Å². The van der Waals surface area contributed by atoms with E-state index in [4.69, 9.17) is 0 Å². The lowest BCUT2D eigenvalue weighted by Crippen LogP contribution is -2.38. The van der Waals surface area contributed by atoms with Crippen LogP contribution in [0.15, 0.2) is 29.3 Å². The van der Waals surface area contributed by atoms with Crippen LogP contribution in [-0.2, 0) is 17.9 Å². The number of alkyl halides is 3. The predicted octanol–water partition coefficient (Wildman–Crippen LogP) is 2.43. The van der Waals surface area contributed by atoms with Gasteiger partial charge >= 0.3 is 6.18 Å². The summed E-state index contributed by atoms with van der Waals surface area (Å²) in [5.74, 6) is 0.502. The van der Waals surface area contributed by atoms with E-state index in [-0.39, 0.29) is 12.5 Å². The first-order valence-electron chi connectivity index (χ1n) is 8.24. The number of aliphatic imine (C=N–C) groups is 1. The van der Waals surface area contributed by atoms with Gasteiger partial charge in [-0.05, 0) is 17.5 Å². The summed E-state index contributed by atoms with van der Waals surface area (Å²) in [5, 5.41) is 5.63. The van der Waals surface area contributed by atoms with Crippen LogP contribution in [0.3, 0.4) is 0 Å². The molecule has 1 heterocycles. The lowest BCUT2D eigenvalue weighted by atomic mass is 10.1. The highest BCUT2D eigenvalue weighted by Crippen LogP contribution is 2.18. The molecule has 1 aliphatic rings. The number of likely N-dealkylation sites (tertiary alicyclic amines) is 1. The van der Waals surface area contributed by atoms with E-state index in [0.29, 0.717) is 25.5 Å². The largest absolute Gasteiger partial charge is 0.390 e. The van der Waals surface area contributed by atoms with Gasteiger partial charge in [-0.25, -0.2) is 0 Å². The van der Waals surface area contributed by atoms with E-state index in [1.807, 2.05) is 29.2 Å². The van der Waals surface area contributed by atoms with Crippen molar-refractivity contribution < 1.29 is 18.0 Å². The molecule has 1 saturated heterocycles. The molecule has 2 N–H and O–H groups in total. The Morgan fingerprint density at radius 1 is 1.28 bits per heavy atom. The highest BCUT2D eigenvalue weighted by Gasteiger charge is 2.26. The van der Waals surface area contributed by atoms with Crippen LogP contribution < -0.4 is 10.6 Å². The summed E-state index contributed by atoms with van der Waals surface area (Å²) < 4.78 is 36.5. The molecular formula is C17H23F3N4O. The zero-order chi connectivity index (χ0) is 18.3. The van der Waals surface area contributed by atoms with Crippen molar-refractivity contribution in [2.75, 3.05) is 20.1 Å². The van der Waals surface area contributed by atoms with Crippen LogP contribution in [0.5, 0.6) is 0 Å². The number of carbonyl (C=O) groups is 1. The molecule has 1 fully saturated rings. The molecule has 1 amide bonds. The van der Waals surface area contributed by atoms with Gasteiger partial charge in [0.15, 0.2) is 5.96 Å². The fourth-order valence-electron chi connectivity index (χ4n) is 2.66. The Hall–Kier alpha value is -2.25. The van der Waals surface area contributed by atoms with Crippen molar-refractivity contribution >= 4 is 11.9 Å². The van der Waals surface area contributed by atoms with Gasteiger partial charge in [0.1, 0.15) is 0 Å². The van der Waals surface area contributed by atoms with Gasteiger partial charge < -0.3 is 15.5 Å². The molecule has 0 bridgehead atoms. The number of carbonyl (C=O) groups excluding carboxylic acids is 1. The number of amides is 1. The molecule has 8 heteroatoms. The number of nitrogens with one attached hydrogen (secondary N) is 2. The highest BCUT2D eigenvalue weighted by atomic mass is 19.4. The van der Waals surface area contributed by atoms with E-state index in [2.05, 4.69) is 15.6 Å². The monoisotopic (exact) mass is 356 g/mol. The summed E-state index contributed by atoms with van der Waals surface area (Å²) >= 11 is 0. The van der Waals surface area contributed by atoms with Gasteiger partial charge in [0.2, 0.25) is 5.91 Å². The standard InChI is InChI=1S/C17H23F3N4O/c1-21-16(22-8-7-17(18,19)20)23-11-13-4-2-5-14(10-13)12-24-9-3-6-15(24)25/h2,4-5,10H,3,6-9,11-12H2,1H3,(H2,21,22,23). The van der Waals surface area contributed by atoms with E-state index < -0.39 is 12.6 Å². The molecule has 138 valence electrons. The van der Waals surface area contributed by atoms with Crippen molar-refractivity contribution in [3.05, 3.63) is 35.4 Å². The first-order chi connectivity index (χ1) is 11.9. The van der Waals surface area contributed by atoms with Gasteiger partial charge in [-0.2, -0.15) is 13.2 Å². The Morgan fingerprint density at radius 2 is 2.04 bits per heavy atom. The molecule has 0 aliphatic carbocycles. The average Bonchev–Trinajstić information content (AvgIpc) is 2.95. The summed E-state index contributed by atoms with van der Waals surface area (Å²) in [4.78, 5) is 17.4. The number of guanidine groups is 1. The lowest BCUT2D eigenvalue weighted by Gasteiger charge is -2.16. The first kappa shape index (κ1) is 19.1. The fraction of sp³-hybridized carbons (Fsp3) is 0.529. The first-order valence-corrected chi connectivity index (χ1v) is 8.24. The number of hydrogen-bond donors (Lipinski definition) is 2. The molecule has 0 atom stereocenters. The number of rotatable bonds is 6. The predicted molar refractivity (Wildman–Crippen MR) is 90.0 cm³/mol. The van der Waals surface area contributed by atoms with E-state index in [9.17, 15) is 18.0 Å². The lowest BCUT2D eigenvalue weighted by molar-refractivity contribution is -0.133. The van der Waals surface area contributed by atoms with Crippen molar-refractivity contribution in [3.8, 4) is 0 Å². The molecule has 0 radical (unpaired) electrons. The van der Waals surface area contributed by atoms with Gasteiger partial charge in [-0.3, -0.25) is 9.79 Å². The molecule has 1 aromatic carbocycles. The van der Waals surface area contributed by atoms with Crippen LogP contribution in [-0.4, -0.2) is 43.1 Å². The topological polar surface area (TPSA) is 56.7 Å². The van der Waals surface area contributed by atoms with Crippen LogP contribution in [0.1, 0.15) is 30.4 Å². The van der Waals surface area contributed by atoms with Gasteiger partial charge in [-0.15, -0.1) is 0 Å². The molecule has 25 heavy (non-hydrogen) atoms. The van der Waals surface area contributed by atoms with Crippen LogP contribution in [0.2, 0.25) is 0 Å². The number of nitrogens with zero attached hydrogens (tertiary/aromatic N) is 2. The summed E-state index contributed by atoms with van der Waals surface area (Å²) in [6, 6.07) is 7.78. The van der Waals surface area contributed by atoms with Crippen LogP contribution >= 0.6 is 0 Å². The zero-order valence-electron chi connectivity index (χ0n) is 14.2. The molecule has 1 aliphatic heterocycles. The molecule has 5 nitrogen and oxygen atoms in total. The van der Waals surface area contributed by atoms with E-state index in [0.717, 1.165) is 24.1 Å². The van der Waals surface area contributed by atoms with Crippen molar-refractivity contribution in [2.24, 2.45) is 4.99 Å². The number of benzene rings is 1. The molecule has 2 rings (SSSR count). The SMILES string of the molecule is CN=C(NCCC(F)(F)F)NCc1cccc(CN2CCCC2=O)c1. The fourth-order valence-corrected chi connectivity index (χ4v) is 2.66. The number of halogens is 3. The Balaban J connectivity index is 1.83. The van der Waals surface area contributed by atoms with Crippen LogP contribution in [0, 0.1) is 0 Å². The summed E-state index contributed by atoms with van der Waals surface area (Å²) in [6.45, 7) is 1.59. The van der Waals surface area contributed by atoms with Gasteiger partial charge in [0.25, 0.3) is 0 Å². The van der Waals surface area contributed by atoms with E-state index in [1.54, 1.807) is 0 Å². The average molecular weight is 356 g/mol. The van der Waals surface area contributed by atoms with Crippen molar-refractivity contribution in [3.63, 3.8) is 0 Å². The summed E-state index contributed by atoms with van der Waals surface area (Å²) in [6.07, 6.45) is -3.58.